The van der Waals surface area contributed by atoms with Crippen LogP contribution in [0.1, 0.15) is 20.8 Å². The van der Waals surface area contributed by atoms with E-state index in [0.29, 0.717) is 16.8 Å². The van der Waals surface area contributed by atoms with Crippen LogP contribution >= 0.6 is 12.6 Å². The number of para-hydroxylation sites is 1. The highest BCUT2D eigenvalue weighted by Crippen LogP contribution is 2.26. The number of aromatic nitrogens is 1. The van der Waals surface area contributed by atoms with Crippen LogP contribution in [-0.2, 0) is 4.74 Å². The third-order valence-corrected chi connectivity index (χ3v) is 2.23. The highest BCUT2D eigenvalue weighted by molar-refractivity contribution is 7.80. The summed E-state index contributed by atoms with van der Waals surface area (Å²) in [4.78, 5) is 15.7. The van der Waals surface area contributed by atoms with Gasteiger partial charge in [-0.3, -0.25) is 5.32 Å². The van der Waals surface area contributed by atoms with E-state index in [-0.39, 0.29) is 5.22 Å². The van der Waals surface area contributed by atoms with Crippen molar-refractivity contribution in [2.45, 2.75) is 31.6 Å². The second kappa shape index (κ2) is 4.53. The van der Waals surface area contributed by atoms with Crippen molar-refractivity contribution in [2.24, 2.45) is 0 Å². The lowest BCUT2D eigenvalue weighted by Gasteiger charge is -2.19. The van der Waals surface area contributed by atoms with Crippen LogP contribution < -0.4 is 5.32 Å². The standard InChI is InChI=1S/C12H14N2O3S/c1-12(2,3)17-10(15)13-7-5-4-6-8-9(7)16-11(18)14-8/h4-6H,1-3H3,(H,13,15)(H,14,18). The lowest BCUT2D eigenvalue weighted by Crippen LogP contribution is -2.27. The van der Waals surface area contributed by atoms with Gasteiger partial charge in [-0.15, -0.1) is 0 Å². The van der Waals surface area contributed by atoms with Gasteiger partial charge in [-0.2, -0.15) is 0 Å². The Labute approximate surface area is 110 Å². The number of carbonyl (C=O) groups is 1. The van der Waals surface area contributed by atoms with E-state index in [0.717, 1.165) is 0 Å². The smallest absolute Gasteiger partial charge is 0.412 e. The minimum atomic E-state index is -0.548. The summed E-state index contributed by atoms with van der Waals surface area (Å²) in [5.74, 6) is 0. The zero-order valence-corrected chi connectivity index (χ0v) is 11.2. The molecule has 0 saturated carbocycles. The van der Waals surface area contributed by atoms with Crippen LogP contribution in [0.4, 0.5) is 10.5 Å². The molecule has 0 aliphatic carbocycles. The fourth-order valence-electron chi connectivity index (χ4n) is 1.45. The summed E-state index contributed by atoms with van der Waals surface area (Å²) in [6, 6.07) is 5.26. The first-order chi connectivity index (χ1) is 8.35. The van der Waals surface area contributed by atoms with Crippen LogP contribution in [0.25, 0.3) is 11.1 Å². The van der Waals surface area contributed by atoms with Crippen molar-refractivity contribution in [3.05, 3.63) is 18.2 Å². The van der Waals surface area contributed by atoms with E-state index < -0.39 is 11.7 Å². The number of nitrogens with one attached hydrogen (secondary N) is 1. The van der Waals surface area contributed by atoms with Crippen molar-refractivity contribution in [1.29, 1.82) is 0 Å². The molecule has 1 amide bonds. The highest BCUT2D eigenvalue weighted by Gasteiger charge is 2.17. The lowest BCUT2D eigenvalue weighted by atomic mass is 10.2. The number of hydrogen-bond acceptors (Lipinski definition) is 5. The molecule has 1 aromatic carbocycles. The second-order valence-corrected chi connectivity index (χ2v) is 5.16. The first kappa shape index (κ1) is 12.8. The van der Waals surface area contributed by atoms with Crippen LogP contribution in [-0.4, -0.2) is 16.7 Å². The van der Waals surface area contributed by atoms with E-state index in [2.05, 4.69) is 22.9 Å². The molecule has 0 saturated heterocycles. The van der Waals surface area contributed by atoms with Crippen molar-refractivity contribution in [3.63, 3.8) is 0 Å². The van der Waals surface area contributed by atoms with Gasteiger partial charge in [0, 0.05) is 0 Å². The number of ether oxygens (including phenoxy) is 1. The van der Waals surface area contributed by atoms with Gasteiger partial charge in [0.25, 0.3) is 5.22 Å². The van der Waals surface area contributed by atoms with Gasteiger partial charge in [-0.1, -0.05) is 18.7 Å². The molecule has 2 rings (SSSR count). The molecule has 96 valence electrons. The van der Waals surface area contributed by atoms with Crippen molar-refractivity contribution in [2.75, 3.05) is 5.32 Å². The topological polar surface area (TPSA) is 64.4 Å². The van der Waals surface area contributed by atoms with Gasteiger partial charge in [0.15, 0.2) is 5.58 Å². The van der Waals surface area contributed by atoms with E-state index >= 15 is 0 Å². The quantitative estimate of drug-likeness (QED) is 0.776. The number of carbonyl (C=O) groups excluding carboxylic acids is 1. The van der Waals surface area contributed by atoms with Gasteiger partial charge in [0.2, 0.25) is 0 Å². The lowest BCUT2D eigenvalue weighted by molar-refractivity contribution is 0.0636. The molecular formula is C12H14N2O3S. The summed E-state index contributed by atoms with van der Waals surface area (Å²) in [5.41, 5.74) is 1.07. The number of benzene rings is 1. The molecule has 0 unspecified atom stereocenters. The van der Waals surface area contributed by atoms with Crippen molar-refractivity contribution in [1.82, 2.24) is 4.98 Å². The molecule has 0 fully saturated rings. The van der Waals surface area contributed by atoms with Crippen LogP contribution in [0.5, 0.6) is 0 Å². The van der Waals surface area contributed by atoms with Gasteiger partial charge in [0.1, 0.15) is 11.1 Å². The van der Waals surface area contributed by atoms with Crippen LogP contribution in [0, 0.1) is 0 Å². The number of rotatable bonds is 1. The summed E-state index contributed by atoms with van der Waals surface area (Å²) in [7, 11) is 0. The van der Waals surface area contributed by atoms with Gasteiger partial charge >= 0.3 is 6.09 Å². The molecule has 0 spiro atoms. The van der Waals surface area contributed by atoms with Gasteiger partial charge in [-0.25, -0.2) is 9.78 Å². The van der Waals surface area contributed by atoms with Gasteiger partial charge in [0.05, 0.1) is 5.69 Å². The predicted octanol–water partition coefficient (Wildman–Crippen LogP) is 3.46. The normalized spacial score (nSPS) is 11.6. The zero-order valence-electron chi connectivity index (χ0n) is 10.4. The predicted molar refractivity (Wildman–Crippen MR) is 71.1 cm³/mol. The number of fused-ring (bicyclic) bond motifs is 1. The Morgan fingerprint density at radius 2 is 2.17 bits per heavy atom. The fraction of sp³-hybridized carbons (Fsp3) is 0.333. The third kappa shape index (κ3) is 2.95. The Bertz CT molecular complexity index is 587. The molecule has 6 heteroatoms. The minimum Gasteiger partial charge on any atom is -0.444 e. The van der Waals surface area contributed by atoms with Crippen molar-refractivity contribution < 1.29 is 13.9 Å². The average Bonchev–Trinajstić information content (AvgIpc) is 2.56. The van der Waals surface area contributed by atoms with E-state index in [1.54, 1.807) is 39.0 Å². The molecule has 0 radical (unpaired) electrons. The number of amides is 1. The summed E-state index contributed by atoms with van der Waals surface area (Å²) in [6.07, 6.45) is -0.535. The molecule has 0 aliphatic rings. The largest absolute Gasteiger partial charge is 0.444 e. The maximum Gasteiger partial charge on any atom is 0.412 e. The average molecular weight is 266 g/mol. The Kier molecular flexibility index (Phi) is 3.21. The molecule has 0 aliphatic heterocycles. The Morgan fingerprint density at radius 3 is 2.83 bits per heavy atom. The number of hydrogen-bond donors (Lipinski definition) is 2. The molecule has 0 bridgehead atoms. The maximum atomic E-state index is 11.7. The monoisotopic (exact) mass is 266 g/mol. The van der Waals surface area contributed by atoms with Crippen molar-refractivity contribution >= 4 is 35.5 Å². The second-order valence-electron chi connectivity index (χ2n) is 4.78. The van der Waals surface area contributed by atoms with E-state index in [1.165, 1.54) is 0 Å². The molecular weight excluding hydrogens is 252 g/mol. The Morgan fingerprint density at radius 1 is 1.44 bits per heavy atom. The van der Waals surface area contributed by atoms with Gasteiger partial charge in [-0.05, 0) is 32.9 Å². The number of nitrogens with zero attached hydrogens (tertiary/aromatic N) is 1. The number of thiol groups is 1. The molecule has 1 N–H and O–H groups in total. The van der Waals surface area contributed by atoms with Crippen LogP contribution in [0.2, 0.25) is 0 Å². The molecule has 5 nitrogen and oxygen atoms in total. The first-order valence-electron chi connectivity index (χ1n) is 5.44. The highest BCUT2D eigenvalue weighted by atomic mass is 32.1. The summed E-state index contributed by atoms with van der Waals surface area (Å²) >= 11 is 4.03. The summed E-state index contributed by atoms with van der Waals surface area (Å²) < 4.78 is 10.5. The Balaban J connectivity index is 2.24. The third-order valence-electron chi connectivity index (χ3n) is 2.04. The molecule has 0 atom stereocenters. The SMILES string of the molecule is CC(C)(C)OC(=O)Nc1cccc2nc(S)oc12. The maximum absolute atomic E-state index is 11.7. The number of anilines is 1. The van der Waals surface area contributed by atoms with Crippen LogP contribution in [0.15, 0.2) is 27.8 Å². The van der Waals surface area contributed by atoms with E-state index in [4.69, 9.17) is 9.15 Å². The fourth-order valence-corrected chi connectivity index (χ4v) is 1.65. The summed E-state index contributed by atoms with van der Waals surface area (Å²) in [6.45, 7) is 5.40. The summed E-state index contributed by atoms with van der Waals surface area (Å²) in [5, 5.41) is 2.88. The first-order valence-corrected chi connectivity index (χ1v) is 5.88. The van der Waals surface area contributed by atoms with E-state index in [9.17, 15) is 4.79 Å². The molecule has 1 heterocycles. The molecule has 1 aromatic heterocycles. The number of oxazole rings is 1. The van der Waals surface area contributed by atoms with Crippen LogP contribution in [0.3, 0.4) is 0 Å². The van der Waals surface area contributed by atoms with E-state index in [1.807, 2.05) is 0 Å². The minimum absolute atomic E-state index is 0.253. The Hall–Kier alpha value is -1.69. The molecule has 18 heavy (non-hydrogen) atoms. The molecule has 2 aromatic rings. The van der Waals surface area contributed by atoms with Crippen molar-refractivity contribution in [3.8, 4) is 0 Å². The zero-order chi connectivity index (χ0) is 13.3. The van der Waals surface area contributed by atoms with Gasteiger partial charge < -0.3 is 9.15 Å².